The monoisotopic (exact) mass is 579 g/mol. The van der Waals surface area contributed by atoms with Crippen LogP contribution in [-0.2, 0) is 16.0 Å². The number of anilines is 2. The number of ether oxygens (including phenoxy) is 3. The Hall–Kier alpha value is -4.12. The molecule has 0 fully saturated rings. The average Bonchev–Trinajstić information content (AvgIpc) is 3.33. The molecule has 40 heavy (non-hydrogen) atoms. The van der Waals surface area contributed by atoms with Crippen LogP contribution in [0.4, 0.5) is 24.5 Å². The number of hydrogen-bond acceptors (Lipinski definition) is 6. The lowest BCUT2D eigenvalue weighted by Gasteiger charge is -2.26. The summed E-state index contributed by atoms with van der Waals surface area (Å²) < 4.78 is 63.0. The predicted molar refractivity (Wildman–Crippen MR) is 142 cm³/mol. The number of aliphatic carboxylic acids is 1. The Kier molecular flexibility index (Phi) is 8.49. The number of carboxylic acids is 1. The standard InChI is InChI=1S/C28H26ClF3N2O6/c1-38-22-13-20(14-23(15-22)39-12-2-3-25(35)36)33-26(18-4-7-19(29)8-5-18)27(37)34-11-10-17-6-9-21(16-24(17)34)40-28(30,31)32/h4-9,13-16,26,33H,2-3,10-12H2,1H3,(H,35,36)/t26-/m1/s1/i26D. The van der Waals surface area contributed by atoms with Gasteiger partial charge in [0, 0.05) is 47.9 Å². The van der Waals surface area contributed by atoms with Gasteiger partial charge in [0.25, 0.3) is 5.91 Å². The van der Waals surface area contributed by atoms with Gasteiger partial charge in [0.15, 0.2) is 0 Å². The van der Waals surface area contributed by atoms with Gasteiger partial charge in [-0.3, -0.25) is 9.59 Å². The van der Waals surface area contributed by atoms with Crippen LogP contribution in [0.25, 0.3) is 0 Å². The molecule has 0 unspecified atom stereocenters. The lowest BCUT2D eigenvalue weighted by Crippen LogP contribution is -2.37. The lowest BCUT2D eigenvalue weighted by molar-refractivity contribution is -0.274. The number of nitrogens with one attached hydrogen (secondary N) is 1. The zero-order chi connectivity index (χ0) is 29.8. The largest absolute Gasteiger partial charge is 0.573 e. The molecule has 1 aliphatic heterocycles. The van der Waals surface area contributed by atoms with Crippen LogP contribution in [0, 0.1) is 0 Å². The van der Waals surface area contributed by atoms with Gasteiger partial charge < -0.3 is 29.5 Å². The molecule has 1 aliphatic rings. The quantitative estimate of drug-likeness (QED) is 0.260. The van der Waals surface area contributed by atoms with Crippen LogP contribution in [0.3, 0.4) is 0 Å². The summed E-state index contributed by atoms with van der Waals surface area (Å²) in [6.07, 6.45) is -4.36. The molecular formula is C28H26ClF3N2O6. The van der Waals surface area contributed by atoms with Crippen LogP contribution in [-0.4, -0.2) is 43.6 Å². The van der Waals surface area contributed by atoms with Crippen molar-refractivity contribution in [2.45, 2.75) is 31.6 Å². The summed E-state index contributed by atoms with van der Waals surface area (Å²) >= 11 is 6.05. The van der Waals surface area contributed by atoms with Gasteiger partial charge in [-0.2, -0.15) is 0 Å². The van der Waals surface area contributed by atoms with E-state index in [1.54, 1.807) is 12.1 Å². The smallest absolute Gasteiger partial charge is 0.497 e. The molecule has 0 saturated carbocycles. The highest BCUT2D eigenvalue weighted by Gasteiger charge is 2.34. The van der Waals surface area contributed by atoms with Crippen molar-refractivity contribution in [3.63, 3.8) is 0 Å². The number of carbonyl (C=O) groups excluding carboxylic acids is 1. The molecule has 1 amide bonds. The highest BCUT2D eigenvalue weighted by molar-refractivity contribution is 6.30. The first-order valence-corrected chi connectivity index (χ1v) is 12.5. The predicted octanol–water partition coefficient (Wildman–Crippen LogP) is 6.23. The van der Waals surface area contributed by atoms with Crippen molar-refractivity contribution in [3.8, 4) is 17.2 Å². The maximum Gasteiger partial charge on any atom is 0.573 e. The maximum atomic E-state index is 14.1. The molecule has 0 bridgehead atoms. The number of hydrogen-bond donors (Lipinski definition) is 2. The van der Waals surface area contributed by atoms with Crippen LogP contribution >= 0.6 is 11.6 Å². The lowest BCUT2D eigenvalue weighted by atomic mass is 10.0. The molecule has 2 N–H and O–H groups in total. The Morgan fingerprint density at radius 1 is 1.10 bits per heavy atom. The van der Waals surface area contributed by atoms with Crippen LogP contribution < -0.4 is 24.4 Å². The number of fused-ring (bicyclic) bond motifs is 1. The Morgan fingerprint density at radius 2 is 1.82 bits per heavy atom. The number of carboxylic acid groups (broad SMARTS) is 1. The number of alkyl halides is 3. The number of methoxy groups -OCH3 is 1. The van der Waals surface area contributed by atoms with Crippen LogP contribution in [0.2, 0.25) is 5.02 Å². The summed E-state index contributed by atoms with van der Waals surface area (Å²) in [7, 11) is 1.42. The summed E-state index contributed by atoms with van der Waals surface area (Å²) in [4.78, 5) is 26.1. The summed E-state index contributed by atoms with van der Waals surface area (Å²) in [6.45, 7) is 0.240. The fourth-order valence-corrected chi connectivity index (χ4v) is 4.30. The van der Waals surface area contributed by atoms with Gasteiger partial charge in [0.05, 0.1) is 20.8 Å². The maximum absolute atomic E-state index is 14.1. The van der Waals surface area contributed by atoms with Crippen molar-refractivity contribution < 1.29 is 43.4 Å². The van der Waals surface area contributed by atoms with Crippen molar-refractivity contribution in [3.05, 3.63) is 76.8 Å². The molecule has 1 atom stereocenters. The highest BCUT2D eigenvalue weighted by atomic mass is 35.5. The highest BCUT2D eigenvalue weighted by Crippen LogP contribution is 2.37. The first-order chi connectivity index (χ1) is 19.4. The number of carbonyl (C=O) groups is 2. The average molecular weight is 580 g/mol. The molecule has 0 spiro atoms. The summed E-state index contributed by atoms with van der Waals surface area (Å²) in [5, 5.41) is 12.2. The molecule has 212 valence electrons. The Morgan fingerprint density at radius 3 is 2.50 bits per heavy atom. The number of amides is 1. The van der Waals surface area contributed by atoms with E-state index >= 15 is 0 Å². The Balaban J connectivity index is 1.69. The number of benzene rings is 3. The van der Waals surface area contributed by atoms with Gasteiger partial charge in [-0.25, -0.2) is 0 Å². The van der Waals surface area contributed by atoms with Crippen molar-refractivity contribution in [1.82, 2.24) is 0 Å². The van der Waals surface area contributed by atoms with E-state index in [1.807, 2.05) is 0 Å². The fraction of sp³-hybridized carbons (Fsp3) is 0.286. The molecule has 8 nitrogen and oxygen atoms in total. The van der Waals surface area contributed by atoms with Gasteiger partial charge in [-0.05, 0) is 42.2 Å². The number of halogens is 4. The minimum Gasteiger partial charge on any atom is -0.497 e. The molecule has 0 aromatic heterocycles. The van der Waals surface area contributed by atoms with Crippen LogP contribution in [0.1, 0.15) is 31.4 Å². The van der Waals surface area contributed by atoms with Gasteiger partial charge in [-0.15, -0.1) is 13.2 Å². The second-order valence-electron chi connectivity index (χ2n) is 8.79. The minimum absolute atomic E-state index is 0.0803. The molecule has 3 aromatic carbocycles. The van der Waals surface area contributed by atoms with Gasteiger partial charge in [-0.1, -0.05) is 29.8 Å². The molecular weight excluding hydrogens is 553 g/mol. The number of rotatable bonds is 11. The molecule has 4 rings (SSSR count). The van der Waals surface area contributed by atoms with E-state index in [0.717, 1.165) is 6.07 Å². The van der Waals surface area contributed by atoms with E-state index in [9.17, 15) is 24.1 Å². The summed E-state index contributed by atoms with van der Waals surface area (Å²) in [5.41, 5.74) is 1.32. The number of nitrogens with zero attached hydrogens (tertiary/aromatic N) is 1. The second kappa shape index (κ2) is 12.4. The van der Waals surface area contributed by atoms with Crippen LogP contribution in [0.15, 0.2) is 60.7 Å². The second-order valence-corrected chi connectivity index (χ2v) is 9.23. The van der Waals surface area contributed by atoms with E-state index in [-0.39, 0.29) is 42.9 Å². The van der Waals surface area contributed by atoms with Crippen molar-refractivity contribution in [2.24, 2.45) is 0 Å². The van der Waals surface area contributed by atoms with Gasteiger partial charge in [0.1, 0.15) is 23.3 Å². The SMILES string of the molecule is [2H][C@](Nc1cc(OC)cc(OCCCC(=O)O)c1)(C(=O)N1CCc2ccc(OC(F)(F)F)cc21)c1ccc(Cl)cc1. The van der Waals surface area contributed by atoms with Crippen molar-refractivity contribution >= 4 is 34.9 Å². The normalized spacial score (nSPS) is 14.5. The Labute approximate surface area is 234 Å². The molecule has 3 aromatic rings. The first-order valence-electron chi connectivity index (χ1n) is 12.7. The Bertz CT molecular complexity index is 1420. The third kappa shape index (κ3) is 7.50. The summed E-state index contributed by atoms with van der Waals surface area (Å²) in [6, 6.07) is 12.3. The third-order valence-corrected chi connectivity index (χ3v) is 6.22. The van der Waals surface area contributed by atoms with E-state index in [0.29, 0.717) is 28.5 Å². The van der Waals surface area contributed by atoms with E-state index < -0.39 is 30.0 Å². The van der Waals surface area contributed by atoms with Crippen molar-refractivity contribution in [1.29, 1.82) is 0 Å². The van der Waals surface area contributed by atoms with Crippen molar-refractivity contribution in [2.75, 3.05) is 30.5 Å². The van der Waals surface area contributed by atoms with Gasteiger partial charge in [0.2, 0.25) is 0 Å². The van der Waals surface area contributed by atoms with Gasteiger partial charge >= 0.3 is 12.3 Å². The molecule has 0 radical (unpaired) electrons. The van der Waals surface area contributed by atoms with Crippen LogP contribution in [0.5, 0.6) is 17.2 Å². The molecule has 12 heteroatoms. The first kappa shape index (κ1) is 27.4. The van der Waals surface area contributed by atoms with E-state index in [4.69, 9.17) is 26.2 Å². The molecule has 1 heterocycles. The van der Waals surface area contributed by atoms with E-state index in [1.165, 1.54) is 54.5 Å². The summed E-state index contributed by atoms with van der Waals surface area (Å²) in [5.74, 6) is -1.54. The molecule has 0 aliphatic carbocycles. The third-order valence-electron chi connectivity index (χ3n) is 5.97. The minimum atomic E-state index is -4.91. The zero-order valence-electron chi connectivity index (χ0n) is 22.3. The fourth-order valence-electron chi connectivity index (χ4n) is 4.17. The molecule has 0 saturated heterocycles. The zero-order valence-corrected chi connectivity index (χ0v) is 22.0. The topological polar surface area (TPSA) is 97.3 Å². The van der Waals surface area contributed by atoms with E-state index in [2.05, 4.69) is 10.1 Å².